The van der Waals surface area contributed by atoms with Crippen LogP contribution in [0.2, 0.25) is 0 Å². The first kappa shape index (κ1) is 9.51. The molecule has 0 bridgehead atoms. The number of hydrogen-bond donors (Lipinski definition) is 1. The number of hydrogen-bond acceptors (Lipinski definition) is 3. The number of sulfone groups is 1. The quantitative estimate of drug-likeness (QED) is 0.657. The first-order valence-corrected chi connectivity index (χ1v) is 5.83. The van der Waals surface area contributed by atoms with E-state index in [4.69, 9.17) is 0 Å². The van der Waals surface area contributed by atoms with Gasteiger partial charge in [-0.25, -0.2) is 8.42 Å². The Bertz CT molecular complexity index is 258. The summed E-state index contributed by atoms with van der Waals surface area (Å²) in [5, 5.41) is 2.67. The minimum Gasteiger partial charge on any atom is -0.356 e. The molecule has 0 aromatic rings. The third kappa shape index (κ3) is 2.48. The van der Waals surface area contributed by atoms with Gasteiger partial charge in [0.05, 0.1) is 11.5 Å². The van der Waals surface area contributed by atoms with Crippen LogP contribution in [0.1, 0.15) is 13.3 Å². The van der Waals surface area contributed by atoms with E-state index in [1.807, 2.05) is 0 Å². The van der Waals surface area contributed by atoms with Gasteiger partial charge in [-0.15, -0.1) is 0 Å². The molecule has 1 rings (SSSR count). The number of amides is 1. The van der Waals surface area contributed by atoms with Crippen molar-refractivity contribution in [3.05, 3.63) is 0 Å². The molecule has 0 atom stereocenters. The summed E-state index contributed by atoms with van der Waals surface area (Å²) in [5.41, 5.74) is 0. The molecule has 70 valence electrons. The van der Waals surface area contributed by atoms with Crippen molar-refractivity contribution in [1.82, 2.24) is 5.32 Å². The maximum atomic E-state index is 10.8. The SMILES string of the molecule is CCC(=O)NCC1CS(=O)(=O)C1. The van der Waals surface area contributed by atoms with Crippen LogP contribution < -0.4 is 5.32 Å². The van der Waals surface area contributed by atoms with Gasteiger partial charge in [0.1, 0.15) is 0 Å². The lowest BCUT2D eigenvalue weighted by molar-refractivity contribution is -0.120. The summed E-state index contributed by atoms with van der Waals surface area (Å²) in [6.45, 7) is 2.28. The summed E-state index contributed by atoms with van der Waals surface area (Å²) in [4.78, 5) is 10.8. The molecule has 0 aliphatic carbocycles. The Morgan fingerprint density at radius 3 is 2.50 bits per heavy atom. The maximum Gasteiger partial charge on any atom is 0.219 e. The summed E-state index contributed by atoms with van der Waals surface area (Å²) in [7, 11) is -2.74. The van der Waals surface area contributed by atoms with Crippen LogP contribution in [-0.4, -0.2) is 32.4 Å². The van der Waals surface area contributed by atoms with E-state index in [2.05, 4.69) is 5.32 Å². The van der Waals surface area contributed by atoms with E-state index in [1.165, 1.54) is 0 Å². The van der Waals surface area contributed by atoms with E-state index in [0.29, 0.717) is 13.0 Å². The molecule has 0 unspecified atom stereocenters. The van der Waals surface area contributed by atoms with Crippen LogP contribution in [0.4, 0.5) is 0 Å². The molecule has 5 heteroatoms. The van der Waals surface area contributed by atoms with Gasteiger partial charge in [0.15, 0.2) is 9.84 Å². The molecule has 0 aromatic heterocycles. The summed E-state index contributed by atoms with van der Waals surface area (Å²) in [5.74, 6) is 0.596. The minimum absolute atomic E-state index is 0.0145. The Balaban J connectivity index is 2.16. The molecule has 4 nitrogen and oxygen atoms in total. The van der Waals surface area contributed by atoms with E-state index in [0.717, 1.165) is 0 Å². The van der Waals surface area contributed by atoms with Crippen LogP contribution >= 0.6 is 0 Å². The zero-order chi connectivity index (χ0) is 9.19. The average Bonchev–Trinajstić information content (AvgIpc) is 1.96. The highest BCUT2D eigenvalue weighted by atomic mass is 32.2. The zero-order valence-corrected chi connectivity index (χ0v) is 7.86. The first-order chi connectivity index (χ1) is 5.53. The molecule has 1 heterocycles. The second-order valence-corrected chi connectivity index (χ2v) is 5.25. The van der Waals surface area contributed by atoms with Crippen molar-refractivity contribution in [3.8, 4) is 0 Å². The fourth-order valence-corrected chi connectivity index (χ4v) is 2.74. The monoisotopic (exact) mass is 191 g/mol. The molecule has 1 aliphatic rings. The predicted molar refractivity (Wildman–Crippen MR) is 45.4 cm³/mol. The molecule has 1 fully saturated rings. The lowest BCUT2D eigenvalue weighted by atomic mass is 10.2. The van der Waals surface area contributed by atoms with Gasteiger partial charge >= 0.3 is 0 Å². The normalized spacial score (nSPS) is 21.4. The fourth-order valence-electron chi connectivity index (χ4n) is 1.17. The number of carbonyl (C=O) groups is 1. The molecule has 1 aliphatic heterocycles. The number of nitrogens with one attached hydrogen (secondary N) is 1. The lowest BCUT2D eigenvalue weighted by Gasteiger charge is -2.25. The van der Waals surface area contributed by atoms with Gasteiger partial charge in [0, 0.05) is 18.9 Å². The van der Waals surface area contributed by atoms with E-state index in [9.17, 15) is 13.2 Å². The van der Waals surface area contributed by atoms with E-state index in [1.54, 1.807) is 6.92 Å². The van der Waals surface area contributed by atoms with Gasteiger partial charge in [-0.3, -0.25) is 4.79 Å². The molecule has 1 saturated heterocycles. The summed E-state index contributed by atoms with van der Waals surface area (Å²) in [6.07, 6.45) is 0.458. The van der Waals surface area contributed by atoms with E-state index < -0.39 is 9.84 Å². The van der Waals surface area contributed by atoms with E-state index >= 15 is 0 Å². The Hall–Kier alpha value is -0.580. The van der Waals surface area contributed by atoms with Gasteiger partial charge in [-0.2, -0.15) is 0 Å². The van der Waals surface area contributed by atoms with E-state index in [-0.39, 0.29) is 23.3 Å². The predicted octanol–water partition coefficient (Wildman–Crippen LogP) is -0.443. The minimum atomic E-state index is -2.74. The molecule has 0 radical (unpaired) electrons. The van der Waals surface area contributed by atoms with Crippen LogP contribution in [0.5, 0.6) is 0 Å². The van der Waals surface area contributed by atoms with Gasteiger partial charge < -0.3 is 5.32 Å². The Labute approximate surface area is 72.3 Å². The van der Waals surface area contributed by atoms with Gasteiger partial charge in [0.25, 0.3) is 0 Å². The highest BCUT2D eigenvalue weighted by Gasteiger charge is 2.32. The summed E-state index contributed by atoms with van der Waals surface area (Å²) >= 11 is 0. The van der Waals surface area contributed by atoms with Crippen molar-refractivity contribution in [2.45, 2.75) is 13.3 Å². The zero-order valence-electron chi connectivity index (χ0n) is 7.04. The highest BCUT2D eigenvalue weighted by molar-refractivity contribution is 7.92. The summed E-state index contributed by atoms with van der Waals surface area (Å²) in [6, 6.07) is 0. The second kappa shape index (κ2) is 3.43. The molecule has 0 saturated carbocycles. The fraction of sp³-hybridized carbons (Fsp3) is 0.857. The van der Waals surface area contributed by atoms with Crippen LogP contribution in [-0.2, 0) is 14.6 Å². The Morgan fingerprint density at radius 2 is 2.08 bits per heavy atom. The van der Waals surface area contributed by atoms with Crippen molar-refractivity contribution < 1.29 is 13.2 Å². The molecule has 0 aromatic carbocycles. The second-order valence-electron chi connectivity index (χ2n) is 3.10. The number of carbonyl (C=O) groups excluding carboxylic acids is 1. The van der Waals surface area contributed by atoms with Crippen molar-refractivity contribution in [1.29, 1.82) is 0 Å². The third-order valence-electron chi connectivity index (χ3n) is 1.89. The van der Waals surface area contributed by atoms with Gasteiger partial charge in [-0.05, 0) is 0 Å². The van der Waals surface area contributed by atoms with Crippen LogP contribution in [0, 0.1) is 5.92 Å². The molecular formula is C7H13NO3S. The van der Waals surface area contributed by atoms with Crippen LogP contribution in [0.15, 0.2) is 0 Å². The topological polar surface area (TPSA) is 63.2 Å². The molecule has 1 amide bonds. The van der Waals surface area contributed by atoms with Gasteiger partial charge in [0.2, 0.25) is 5.91 Å². The molecule has 12 heavy (non-hydrogen) atoms. The van der Waals surface area contributed by atoms with Crippen LogP contribution in [0.3, 0.4) is 0 Å². The lowest BCUT2D eigenvalue weighted by Crippen LogP contribution is -2.43. The molecular weight excluding hydrogens is 178 g/mol. The molecule has 0 spiro atoms. The summed E-state index contributed by atoms with van der Waals surface area (Å²) < 4.78 is 21.4. The smallest absolute Gasteiger partial charge is 0.219 e. The third-order valence-corrected chi connectivity index (χ3v) is 3.85. The highest BCUT2D eigenvalue weighted by Crippen LogP contribution is 2.16. The van der Waals surface area contributed by atoms with Crippen molar-refractivity contribution in [2.75, 3.05) is 18.1 Å². The van der Waals surface area contributed by atoms with Crippen molar-refractivity contribution >= 4 is 15.7 Å². The average molecular weight is 191 g/mol. The largest absolute Gasteiger partial charge is 0.356 e. The standard InChI is InChI=1S/C7H13NO3S/c1-2-7(9)8-3-6-4-12(10,11)5-6/h6H,2-5H2,1H3,(H,8,9). The van der Waals surface area contributed by atoms with Gasteiger partial charge in [-0.1, -0.05) is 6.92 Å². The molecule has 1 N–H and O–H groups in total. The van der Waals surface area contributed by atoms with Crippen LogP contribution in [0.25, 0.3) is 0 Å². The van der Waals surface area contributed by atoms with Crippen molar-refractivity contribution in [2.24, 2.45) is 5.92 Å². The maximum absolute atomic E-state index is 10.8. The number of rotatable bonds is 3. The van der Waals surface area contributed by atoms with Crippen molar-refractivity contribution in [3.63, 3.8) is 0 Å². The Morgan fingerprint density at radius 1 is 1.50 bits per heavy atom. The first-order valence-electron chi connectivity index (χ1n) is 4.00. The Kier molecular flexibility index (Phi) is 2.72.